The molecule has 3 nitrogen and oxygen atoms in total. The normalized spacial score (nSPS) is 22.6. The Hall–Kier alpha value is -1.68. The van der Waals surface area contributed by atoms with Gasteiger partial charge in [-0.1, -0.05) is 54.6 Å². The second-order valence-electron chi connectivity index (χ2n) is 4.96. The molecule has 0 bridgehead atoms. The van der Waals surface area contributed by atoms with Crippen molar-refractivity contribution in [3.05, 3.63) is 71.3 Å². The van der Waals surface area contributed by atoms with Crippen LogP contribution in [-0.4, -0.2) is 13.2 Å². The molecule has 2 atom stereocenters. The molecule has 1 aliphatic rings. The molecule has 0 aliphatic carbocycles. The summed E-state index contributed by atoms with van der Waals surface area (Å²) in [5.74, 6) is 0. The van der Waals surface area contributed by atoms with E-state index in [0.717, 1.165) is 16.7 Å². The zero-order valence-corrected chi connectivity index (χ0v) is 11.4. The van der Waals surface area contributed by atoms with Crippen molar-refractivity contribution in [3.8, 4) is 0 Å². The first-order valence-corrected chi connectivity index (χ1v) is 6.94. The summed E-state index contributed by atoms with van der Waals surface area (Å²) in [4.78, 5) is 0. The summed E-state index contributed by atoms with van der Waals surface area (Å²) in [6, 6.07) is 18.3. The maximum Gasteiger partial charge on any atom is 0.106 e. The average molecular weight is 269 g/mol. The van der Waals surface area contributed by atoms with Crippen LogP contribution in [0.15, 0.2) is 54.6 Å². The van der Waals surface area contributed by atoms with E-state index in [9.17, 15) is 0 Å². The zero-order valence-electron chi connectivity index (χ0n) is 11.4. The molecule has 1 saturated heterocycles. The van der Waals surface area contributed by atoms with Crippen molar-refractivity contribution in [2.24, 2.45) is 5.73 Å². The van der Waals surface area contributed by atoms with E-state index < -0.39 is 0 Å². The molecule has 2 N–H and O–H groups in total. The van der Waals surface area contributed by atoms with Crippen LogP contribution in [0.3, 0.4) is 0 Å². The van der Waals surface area contributed by atoms with Gasteiger partial charge in [0.05, 0.1) is 13.2 Å². The quantitative estimate of drug-likeness (QED) is 0.931. The fraction of sp³-hybridized carbons (Fsp3) is 0.294. The van der Waals surface area contributed by atoms with E-state index in [0.29, 0.717) is 19.8 Å². The topological polar surface area (TPSA) is 44.5 Å². The third-order valence-electron chi connectivity index (χ3n) is 3.69. The largest absolute Gasteiger partial charge is 0.368 e. The molecule has 2 aromatic rings. The van der Waals surface area contributed by atoms with Gasteiger partial charge in [-0.25, -0.2) is 0 Å². The lowest BCUT2D eigenvalue weighted by Gasteiger charge is -2.31. The highest BCUT2D eigenvalue weighted by molar-refractivity contribution is 5.29. The van der Waals surface area contributed by atoms with E-state index in [-0.39, 0.29) is 12.2 Å². The SMILES string of the molecule is NCc1ccccc1C1COC(c2ccccc2)CO1. The van der Waals surface area contributed by atoms with E-state index in [2.05, 4.69) is 18.2 Å². The van der Waals surface area contributed by atoms with Gasteiger partial charge in [-0.2, -0.15) is 0 Å². The van der Waals surface area contributed by atoms with E-state index in [1.807, 2.05) is 36.4 Å². The Morgan fingerprint density at radius 1 is 0.850 bits per heavy atom. The highest BCUT2D eigenvalue weighted by atomic mass is 16.6. The fourth-order valence-electron chi connectivity index (χ4n) is 2.58. The minimum absolute atomic E-state index is 0.0188. The molecule has 0 radical (unpaired) electrons. The minimum Gasteiger partial charge on any atom is -0.368 e. The van der Waals surface area contributed by atoms with Crippen LogP contribution in [0.5, 0.6) is 0 Å². The summed E-state index contributed by atoms with van der Waals surface area (Å²) >= 11 is 0. The Kier molecular flexibility index (Phi) is 4.11. The third kappa shape index (κ3) is 2.75. The standard InChI is InChI=1S/C17H19NO2/c18-10-14-8-4-5-9-15(14)17-12-19-16(11-20-17)13-6-2-1-3-7-13/h1-9,16-17H,10-12,18H2. The van der Waals surface area contributed by atoms with E-state index in [4.69, 9.17) is 15.2 Å². The van der Waals surface area contributed by atoms with Gasteiger partial charge in [0.25, 0.3) is 0 Å². The average Bonchev–Trinajstić information content (AvgIpc) is 2.56. The molecule has 3 heteroatoms. The maximum absolute atomic E-state index is 5.99. The van der Waals surface area contributed by atoms with Crippen molar-refractivity contribution < 1.29 is 9.47 Å². The Bertz CT molecular complexity index is 548. The van der Waals surface area contributed by atoms with Crippen LogP contribution in [0.2, 0.25) is 0 Å². The van der Waals surface area contributed by atoms with Crippen molar-refractivity contribution in [3.63, 3.8) is 0 Å². The molecule has 2 unspecified atom stereocenters. The fourth-order valence-corrected chi connectivity index (χ4v) is 2.58. The first-order valence-electron chi connectivity index (χ1n) is 6.94. The molecule has 0 aromatic heterocycles. The van der Waals surface area contributed by atoms with Crippen molar-refractivity contribution in [1.82, 2.24) is 0 Å². The van der Waals surface area contributed by atoms with Gasteiger partial charge in [0.1, 0.15) is 12.2 Å². The van der Waals surface area contributed by atoms with E-state index >= 15 is 0 Å². The Morgan fingerprint density at radius 2 is 1.50 bits per heavy atom. The number of benzene rings is 2. The molecule has 2 aromatic carbocycles. The summed E-state index contributed by atoms with van der Waals surface area (Å²) in [5.41, 5.74) is 9.21. The molecule has 0 saturated carbocycles. The lowest BCUT2D eigenvalue weighted by Crippen LogP contribution is -2.26. The first kappa shape index (κ1) is 13.3. The van der Waals surface area contributed by atoms with Gasteiger partial charge in [-0.3, -0.25) is 0 Å². The van der Waals surface area contributed by atoms with Crippen molar-refractivity contribution in [1.29, 1.82) is 0 Å². The van der Waals surface area contributed by atoms with Crippen LogP contribution in [0, 0.1) is 0 Å². The number of ether oxygens (including phenoxy) is 2. The van der Waals surface area contributed by atoms with Gasteiger partial charge in [0.2, 0.25) is 0 Å². The van der Waals surface area contributed by atoms with Crippen LogP contribution in [0.4, 0.5) is 0 Å². The molecule has 1 fully saturated rings. The summed E-state index contributed by atoms with van der Waals surface area (Å²) < 4.78 is 12.0. The van der Waals surface area contributed by atoms with Gasteiger partial charge < -0.3 is 15.2 Å². The Balaban J connectivity index is 1.70. The molecular formula is C17H19NO2. The van der Waals surface area contributed by atoms with Gasteiger partial charge in [0, 0.05) is 6.54 Å². The number of hydrogen-bond acceptors (Lipinski definition) is 3. The molecule has 20 heavy (non-hydrogen) atoms. The molecule has 0 spiro atoms. The van der Waals surface area contributed by atoms with Crippen LogP contribution in [0.1, 0.15) is 28.9 Å². The Morgan fingerprint density at radius 3 is 2.20 bits per heavy atom. The summed E-state index contributed by atoms with van der Waals surface area (Å²) in [6.07, 6.45) is 0.00667. The van der Waals surface area contributed by atoms with Crippen LogP contribution < -0.4 is 5.73 Å². The lowest BCUT2D eigenvalue weighted by molar-refractivity contribution is -0.137. The van der Waals surface area contributed by atoms with Gasteiger partial charge in [0.15, 0.2) is 0 Å². The maximum atomic E-state index is 5.99. The summed E-state index contributed by atoms with van der Waals surface area (Å²) in [7, 11) is 0. The summed E-state index contributed by atoms with van der Waals surface area (Å²) in [5, 5.41) is 0. The van der Waals surface area contributed by atoms with Crippen molar-refractivity contribution in [2.45, 2.75) is 18.8 Å². The molecule has 1 aliphatic heterocycles. The zero-order chi connectivity index (χ0) is 13.8. The predicted molar refractivity (Wildman–Crippen MR) is 78.2 cm³/mol. The highest BCUT2D eigenvalue weighted by Crippen LogP contribution is 2.31. The monoisotopic (exact) mass is 269 g/mol. The lowest BCUT2D eigenvalue weighted by atomic mass is 10.0. The summed E-state index contributed by atoms with van der Waals surface area (Å²) in [6.45, 7) is 1.67. The van der Waals surface area contributed by atoms with Gasteiger partial charge >= 0.3 is 0 Å². The second-order valence-corrected chi connectivity index (χ2v) is 4.96. The second kappa shape index (κ2) is 6.18. The smallest absolute Gasteiger partial charge is 0.106 e. The van der Waals surface area contributed by atoms with Crippen LogP contribution in [-0.2, 0) is 16.0 Å². The van der Waals surface area contributed by atoms with E-state index in [1.165, 1.54) is 0 Å². The molecule has 1 heterocycles. The minimum atomic E-state index is -0.0188. The van der Waals surface area contributed by atoms with Crippen molar-refractivity contribution >= 4 is 0 Å². The van der Waals surface area contributed by atoms with Crippen LogP contribution >= 0.6 is 0 Å². The number of hydrogen-bond donors (Lipinski definition) is 1. The molecule has 104 valence electrons. The van der Waals surface area contributed by atoms with Crippen molar-refractivity contribution in [2.75, 3.05) is 13.2 Å². The molecule has 0 amide bonds. The molecule has 3 rings (SSSR count). The Labute approximate surface area is 119 Å². The number of rotatable bonds is 3. The van der Waals surface area contributed by atoms with Crippen LogP contribution in [0.25, 0.3) is 0 Å². The molecular weight excluding hydrogens is 250 g/mol. The third-order valence-corrected chi connectivity index (χ3v) is 3.69. The van der Waals surface area contributed by atoms with Gasteiger partial charge in [-0.15, -0.1) is 0 Å². The van der Waals surface area contributed by atoms with E-state index in [1.54, 1.807) is 0 Å². The number of nitrogens with two attached hydrogens (primary N) is 1. The predicted octanol–water partition coefficient (Wildman–Crippen LogP) is 2.97. The highest BCUT2D eigenvalue weighted by Gasteiger charge is 2.25. The first-order chi connectivity index (χ1) is 9.88. The van der Waals surface area contributed by atoms with Gasteiger partial charge in [-0.05, 0) is 16.7 Å².